The van der Waals surface area contributed by atoms with Crippen LogP contribution in [0.1, 0.15) is 5.56 Å². The average Bonchev–Trinajstić information content (AvgIpc) is 2.23. The van der Waals surface area contributed by atoms with Gasteiger partial charge in [-0.3, -0.25) is 4.98 Å². The van der Waals surface area contributed by atoms with Crippen molar-refractivity contribution in [2.75, 3.05) is 0 Å². The number of aliphatic hydroxyl groups is 2. The number of hydrogen-bond donors (Lipinski definition) is 2. The van der Waals surface area contributed by atoms with Crippen LogP contribution in [-0.4, -0.2) is 21.4 Å². The summed E-state index contributed by atoms with van der Waals surface area (Å²) in [5, 5.41) is 17.2. The molecule has 0 radical (unpaired) electrons. The highest BCUT2D eigenvalue weighted by Gasteiger charge is 2.29. The minimum Gasteiger partial charge on any atom is -0.409 e. The fourth-order valence-corrected chi connectivity index (χ4v) is 1.65. The van der Waals surface area contributed by atoms with Crippen LogP contribution in [0.5, 0.6) is 5.75 Å². The molecule has 96 valence electrons. The number of aromatic nitrogens is 1. The molecule has 2 aromatic rings. The molecule has 0 atom stereocenters. The van der Waals surface area contributed by atoms with E-state index in [1.54, 1.807) is 0 Å². The summed E-state index contributed by atoms with van der Waals surface area (Å²) < 4.78 is 43.4. The molecule has 7 heteroatoms. The third-order valence-corrected chi connectivity index (χ3v) is 2.32. The van der Waals surface area contributed by atoms with E-state index in [1.165, 1.54) is 19.3 Å². The van der Waals surface area contributed by atoms with E-state index >= 15 is 0 Å². The normalized spacial score (nSPS) is 11.9. The zero-order chi connectivity index (χ0) is 13.5. The highest BCUT2D eigenvalue weighted by molar-refractivity contribution is 5.90. The van der Waals surface area contributed by atoms with E-state index in [1.807, 2.05) is 0 Å². The molecule has 0 aliphatic carbocycles. The zero-order valence-electron chi connectivity index (χ0n) is 9.12. The molecule has 4 nitrogen and oxygen atoms in total. The number of ether oxygens (including phenoxy) is 1. The van der Waals surface area contributed by atoms with E-state index in [4.69, 9.17) is 10.2 Å². The van der Waals surface area contributed by atoms with Crippen LogP contribution in [0.3, 0.4) is 0 Å². The Bertz CT molecular complexity index is 610. The van der Waals surface area contributed by atoms with Crippen molar-refractivity contribution in [3.63, 3.8) is 0 Å². The van der Waals surface area contributed by atoms with Gasteiger partial charge in [-0.1, -0.05) is 0 Å². The molecule has 0 fully saturated rings. The molecule has 2 N–H and O–H groups in total. The van der Waals surface area contributed by atoms with Crippen molar-refractivity contribution in [1.82, 2.24) is 4.98 Å². The van der Waals surface area contributed by atoms with Gasteiger partial charge < -0.3 is 14.9 Å². The van der Waals surface area contributed by atoms with Crippen LogP contribution in [0.15, 0.2) is 18.5 Å². The first-order valence-electron chi connectivity index (χ1n) is 4.84. The van der Waals surface area contributed by atoms with E-state index < -0.39 is 23.6 Å². The molecule has 0 amide bonds. The number of aryl methyl sites for hydroxylation is 1. The molecule has 1 heterocycles. The van der Waals surface area contributed by atoms with Gasteiger partial charge in [-0.15, -0.1) is 4.39 Å². The van der Waals surface area contributed by atoms with Crippen molar-refractivity contribution in [2.24, 2.45) is 0 Å². The highest BCUT2D eigenvalue weighted by Crippen LogP contribution is 2.34. The van der Waals surface area contributed by atoms with E-state index in [0.717, 1.165) is 6.07 Å². The smallest absolute Gasteiger partial charge is 0.409 e. The molecular weight excluding hydrogens is 251 g/mol. The Kier molecular flexibility index (Phi) is 2.88. The van der Waals surface area contributed by atoms with Gasteiger partial charge in [-0.2, -0.15) is 4.39 Å². The van der Waals surface area contributed by atoms with Gasteiger partial charge in [0.25, 0.3) is 0 Å². The number of pyridine rings is 1. The summed E-state index contributed by atoms with van der Waals surface area (Å²) in [5.74, 6) is -3.74. The summed E-state index contributed by atoms with van der Waals surface area (Å²) in [6.07, 6.45) is -1.56. The number of benzene rings is 1. The fourth-order valence-electron chi connectivity index (χ4n) is 1.65. The maximum Gasteiger partial charge on any atom is 0.492 e. The lowest BCUT2D eigenvalue weighted by Crippen LogP contribution is -2.29. The van der Waals surface area contributed by atoms with E-state index in [0.29, 0.717) is 5.56 Å². The van der Waals surface area contributed by atoms with Crippen LogP contribution in [0, 0.1) is 18.6 Å². The predicted molar refractivity (Wildman–Crippen MR) is 55.3 cm³/mol. The summed E-state index contributed by atoms with van der Waals surface area (Å²) in [6.45, 7) is 1.51. The molecular formula is C11H8F3NO3. The van der Waals surface area contributed by atoms with Gasteiger partial charge in [0.05, 0.1) is 0 Å². The number of hydrogen-bond acceptors (Lipinski definition) is 4. The quantitative estimate of drug-likeness (QED) is 0.807. The lowest BCUT2D eigenvalue weighted by molar-refractivity contribution is -0.375. The number of fused-ring (bicyclic) bond motifs is 1. The van der Waals surface area contributed by atoms with E-state index in [2.05, 4.69) is 9.72 Å². The maximum absolute atomic E-state index is 13.5. The largest absolute Gasteiger partial charge is 0.492 e. The Morgan fingerprint density at radius 2 is 1.94 bits per heavy atom. The molecule has 0 spiro atoms. The summed E-state index contributed by atoms with van der Waals surface area (Å²) in [4.78, 5) is 3.76. The Morgan fingerprint density at radius 1 is 1.28 bits per heavy atom. The molecule has 0 aliphatic rings. The van der Waals surface area contributed by atoms with Gasteiger partial charge in [0.2, 0.25) is 5.82 Å². The summed E-state index contributed by atoms with van der Waals surface area (Å²) in [7, 11) is 0. The minimum atomic E-state index is -4.10. The summed E-state index contributed by atoms with van der Waals surface area (Å²) in [6, 6.07) is 0.853. The Hall–Kier alpha value is -1.86. The third kappa shape index (κ3) is 2.22. The minimum absolute atomic E-state index is 0.00836. The monoisotopic (exact) mass is 259 g/mol. The predicted octanol–water partition coefficient (Wildman–Crippen LogP) is 1.77. The van der Waals surface area contributed by atoms with E-state index in [-0.39, 0.29) is 10.8 Å². The van der Waals surface area contributed by atoms with Gasteiger partial charge in [0.1, 0.15) is 0 Å². The van der Waals surface area contributed by atoms with Crippen molar-refractivity contribution < 1.29 is 28.1 Å². The van der Waals surface area contributed by atoms with Crippen LogP contribution in [-0.2, 0) is 0 Å². The van der Waals surface area contributed by atoms with Gasteiger partial charge in [-0.25, -0.2) is 4.39 Å². The van der Waals surface area contributed by atoms with E-state index in [9.17, 15) is 13.2 Å². The molecule has 0 aliphatic heterocycles. The van der Waals surface area contributed by atoms with Gasteiger partial charge >= 0.3 is 6.23 Å². The van der Waals surface area contributed by atoms with Crippen LogP contribution in [0.25, 0.3) is 10.8 Å². The first-order chi connectivity index (χ1) is 8.29. The van der Waals surface area contributed by atoms with Crippen molar-refractivity contribution >= 4 is 10.8 Å². The fraction of sp³-hybridized carbons (Fsp3) is 0.182. The third-order valence-electron chi connectivity index (χ3n) is 2.32. The van der Waals surface area contributed by atoms with Crippen molar-refractivity contribution in [3.8, 4) is 5.75 Å². The molecule has 0 saturated heterocycles. The number of nitrogens with zero attached hydrogens (tertiary/aromatic N) is 1. The molecule has 0 bridgehead atoms. The molecule has 18 heavy (non-hydrogen) atoms. The summed E-state index contributed by atoms with van der Waals surface area (Å²) >= 11 is 0. The Balaban J connectivity index is 2.79. The Morgan fingerprint density at radius 3 is 2.56 bits per heavy atom. The maximum atomic E-state index is 13.5. The molecule has 2 rings (SSSR count). The highest BCUT2D eigenvalue weighted by atomic mass is 19.2. The second-order valence-electron chi connectivity index (χ2n) is 3.69. The van der Waals surface area contributed by atoms with Crippen LogP contribution >= 0.6 is 0 Å². The van der Waals surface area contributed by atoms with Gasteiger partial charge in [0.15, 0.2) is 11.6 Å². The van der Waals surface area contributed by atoms with Crippen LogP contribution in [0.2, 0.25) is 0 Å². The number of alkyl halides is 1. The van der Waals surface area contributed by atoms with Crippen LogP contribution in [0.4, 0.5) is 13.2 Å². The van der Waals surface area contributed by atoms with Gasteiger partial charge in [0, 0.05) is 23.2 Å². The lowest BCUT2D eigenvalue weighted by atomic mass is 10.1. The number of halogens is 3. The zero-order valence-corrected chi connectivity index (χ0v) is 9.12. The number of rotatable bonds is 2. The second-order valence-corrected chi connectivity index (χ2v) is 3.69. The molecule has 1 aromatic heterocycles. The average molecular weight is 259 g/mol. The first kappa shape index (κ1) is 12.6. The summed E-state index contributed by atoms with van der Waals surface area (Å²) in [5.41, 5.74) is 0.366. The second kappa shape index (κ2) is 4.11. The topological polar surface area (TPSA) is 62.6 Å². The van der Waals surface area contributed by atoms with Crippen molar-refractivity contribution in [2.45, 2.75) is 13.2 Å². The van der Waals surface area contributed by atoms with Crippen molar-refractivity contribution in [3.05, 3.63) is 35.7 Å². The Labute approximate surface area is 99.3 Å². The van der Waals surface area contributed by atoms with Crippen molar-refractivity contribution in [1.29, 1.82) is 0 Å². The lowest BCUT2D eigenvalue weighted by Gasteiger charge is -2.16. The first-order valence-corrected chi connectivity index (χ1v) is 4.84. The molecule has 0 unspecified atom stereocenters. The molecule has 0 saturated carbocycles. The standard InChI is InChI=1S/C11H8F3NO3/c1-5-3-15-4-6-2-7(12)9(13)10(8(5)6)18-11(14,16)17/h2-4,16-17H,1H3. The SMILES string of the molecule is Cc1cncc2cc(F)c(F)c(OC(O)(O)F)c12. The molecule has 1 aromatic carbocycles. The van der Waals surface area contributed by atoms with Gasteiger partial charge in [-0.05, 0) is 18.6 Å². The van der Waals surface area contributed by atoms with Crippen LogP contribution < -0.4 is 4.74 Å².